The van der Waals surface area contributed by atoms with Crippen LogP contribution in [-0.4, -0.2) is 30.1 Å². The highest BCUT2D eigenvalue weighted by atomic mass is 35.5. The van der Waals surface area contributed by atoms with E-state index in [1.165, 1.54) is 4.90 Å². The molecule has 0 aliphatic carbocycles. The van der Waals surface area contributed by atoms with E-state index in [0.717, 1.165) is 5.56 Å². The number of halogens is 1. The van der Waals surface area contributed by atoms with Crippen LogP contribution in [0.1, 0.15) is 21.8 Å². The second-order valence-electron chi connectivity index (χ2n) is 4.45. The summed E-state index contributed by atoms with van der Waals surface area (Å²) in [6.45, 7) is 2.13. The average Bonchev–Trinajstić information content (AvgIpc) is 2.84. The summed E-state index contributed by atoms with van der Waals surface area (Å²) >= 11 is 5.97. The minimum Gasteiger partial charge on any atom is -0.496 e. The fourth-order valence-corrected chi connectivity index (χ4v) is 2.05. The van der Waals surface area contributed by atoms with Crippen molar-refractivity contribution in [2.45, 2.75) is 13.5 Å². The van der Waals surface area contributed by atoms with Gasteiger partial charge < -0.3 is 14.2 Å². The summed E-state index contributed by atoms with van der Waals surface area (Å²) in [7, 11) is 3.26. The molecule has 5 nitrogen and oxygen atoms in total. The number of amides is 1. The van der Waals surface area contributed by atoms with Crippen LogP contribution in [0.15, 0.2) is 28.8 Å². The molecule has 0 bridgehead atoms. The third kappa shape index (κ3) is 3.11. The molecule has 0 radical (unpaired) electrons. The van der Waals surface area contributed by atoms with Crippen molar-refractivity contribution in [1.82, 2.24) is 10.1 Å². The van der Waals surface area contributed by atoms with Crippen LogP contribution in [0.5, 0.6) is 5.75 Å². The van der Waals surface area contributed by atoms with Crippen molar-refractivity contribution in [2.75, 3.05) is 14.2 Å². The molecule has 0 fully saturated rings. The molecule has 1 amide bonds. The number of nitrogens with zero attached hydrogens (tertiary/aromatic N) is 2. The Balaban J connectivity index is 2.17. The largest absolute Gasteiger partial charge is 0.496 e. The molecule has 0 unspecified atom stereocenters. The normalized spacial score (nSPS) is 10.4. The molecule has 20 heavy (non-hydrogen) atoms. The summed E-state index contributed by atoms with van der Waals surface area (Å²) in [4.78, 5) is 13.7. The van der Waals surface area contributed by atoms with Crippen LogP contribution < -0.4 is 4.74 Å². The quantitative estimate of drug-likeness (QED) is 0.870. The van der Waals surface area contributed by atoms with Gasteiger partial charge in [-0.1, -0.05) is 16.8 Å². The van der Waals surface area contributed by atoms with Crippen LogP contribution in [0.2, 0.25) is 5.02 Å². The zero-order chi connectivity index (χ0) is 14.7. The fourth-order valence-electron chi connectivity index (χ4n) is 1.85. The molecule has 0 saturated carbocycles. The van der Waals surface area contributed by atoms with Gasteiger partial charge in [0.05, 0.1) is 12.8 Å². The molecule has 0 saturated heterocycles. The van der Waals surface area contributed by atoms with Gasteiger partial charge in [0.1, 0.15) is 5.75 Å². The zero-order valence-corrected chi connectivity index (χ0v) is 12.3. The van der Waals surface area contributed by atoms with Gasteiger partial charge in [0.2, 0.25) is 5.76 Å². The Labute approximate surface area is 122 Å². The Morgan fingerprint density at radius 1 is 1.45 bits per heavy atom. The number of benzene rings is 1. The number of hydrogen-bond donors (Lipinski definition) is 0. The summed E-state index contributed by atoms with van der Waals surface area (Å²) in [5, 5.41) is 4.30. The first-order valence-corrected chi connectivity index (χ1v) is 6.40. The first-order valence-electron chi connectivity index (χ1n) is 6.02. The molecule has 2 rings (SSSR count). The summed E-state index contributed by atoms with van der Waals surface area (Å²) < 4.78 is 10.2. The van der Waals surface area contributed by atoms with Gasteiger partial charge in [-0.3, -0.25) is 4.79 Å². The van der Waals surface area contributed by atoms with Gasteiger partial charge in [0, 0.05) is 30.2 Å². The predicted octanol–water partition coefficient (Wildman–Crippen LogP) is 2.92. The molecule has 0 spiro atoms. The van der Waals surface area contributed by atoms with Crippen molar-refractivity contribution >= 4 is 17.5 Å². The lowest BCUT2D eigenvalue weighted by atomic mass is 10.2. The van der Waals surface area contributed by atoms with Gasteiger partial charge in [0.25, 0.3) is 5.91 Å². The van der Waals surface area contributed by atoms with Gasteiger partial charge in [0.15, 0.2) is 0 Å². The number of hydrogen-bond acceptors (Lipinski definition) is 4. The Morgan fingerprint density at radius 3 is 2.80 bits per heavy atom. The van der Waals surface area contributed by atoms with E-state index in [9.17, 15) is 4.79 Å². The highest BCUT2D eigenvalue weighted by molar-refractivity contribution is 6.30. The lowest BCUT2D eigenvalue weighted by Crippen LogP contribution is -2.26. The molecule has 1 aromatic heterocycles. The topological polar surface area (TPSA) is 55.6 Å². The van der Waals surface area contributed by atoms with Gasteiger partial charge >= 0.3 is 0 Å². The maximum absolute atomic E-state index is 12.2. The maximum Gasteiger partial charge on any atom is 0.292 e. The first-order chi connectivity index (χ1) is 9.51. The average molecular weight is 295 g/mol. The van der Waals surface area contributed by atoms with Crippen molar-refractivity contribution in [3.63, 3.8) is 0 Å². The van der Waals surface area contributed by atoms with Crippen molar-refractivity contribution in [3.05, 3.63) is 46.3 Å². The summed E-state index contributed by atoms with van der Waals surface area (Å²) in [5.41, 5.74) is 1.49. The molecule has 0 aliphatic rings. The van der Waals surface area contributed by atoms with E-state index in [4.69, 9.17) is 20.9 Å². The number of carbonyl (C=O) groups is 1. The highest BCUT2D eigenvalue weighted by Crippen LogP contribution is 2.24. The van der Waals surface area contributed by atoms with Gasteiger partial charge in [-0.05, 0) is 25.1 Å². The predicted molar refractivity (Wildman–Crippen MR) is 75.0 cm³/mol. The van der Waals surface area contributed by atoms with Gasteiger partial charge in [-0.15, -0.1) is 0 Å². The second-order valence-corrected chi connectivity index (χ2v) is 4.89. The molecular weight excluding hydrogens is 280 g/mol. The molecule has 0 atom stereocenters. The SMILES string of the molecule is COc1ccc(Cl)cc1CN(C)C(=O)c1cc(C)no1. The van der Waals surface area contributed by atoms with Crippen molar-refractivity contribution < 1.29 is 14.1 Å². The Bertz CT molecular complexity index is 625. The van der Waals surface area contributed by atoms with E-state index in [2.05, 4.69) is 5.16 Å². The molecule has 106 valence electrons. The van der Waals surface area contributed by atoms with Crippen LogP contribution in [0.3, 0.4) is 0 Å². The van der Waals surface area contributed by atoms with Crippen molar-refractivity contribution in [2.24, 2.45) is 0 Å². The Morgan fingerprint density at radius 2 is 2.20 bits per heavy atom. The van der Waals surface area contributed by atoms with E-state index in [0.29, 0.717) is 23.0 Å². The summed E-state index contributed by atoms with van der Waals surface area (Å²) in [5.74, 6) is 0.654. The van der Waals surface area contributed by atoms with Crippen molar-refractivity contribution in [1.29, 1.82) is 0 Å². The number of rotatable bonds is 4. The molecule has 0 aliphatic heterocycles. The lowest BCUT2D eigenvalue weighted by molar-refractivity contribution is 0.0742. The number of methoxy groups -OCH3 is 1. The molecular formula is C14H15ClN2O3. The van der Waals surface area contributed by atoms with Crippen LogP contribution in [0.4, 0.5) is 0 Å². The summed E-state index contributed by atoms with van der Waals surface area (Å²) in [6, 6.07) is 6.89. The van der Waals surface area contributed by atoms with Crippen LogP contribution in [0, 0.1) is 6.92 Å². The summed E-state index contributed by atoms with van der Waals surface area (Å²) in [6.07, 6.45) is 0. The van der Waals surface area contributed by atoms with E-state index in [1.54, 1.807) is 45.3 Å². The van der Waals surface area contributed by atoms with Crippen LogP contribution >= 0.6 is 11.6 Å². The smallest absolute Gasteiger partial charge is 0.292 e. The first kappa shape index (κ1) is 14.4. The molecule has 1 heterocycles. The van der Waals surface area contributed by atoms with E-state index < -0.39 is 0 Å². The van der Waals surface area contributed by atoms with Crippen LogP contribution in [0.25, 0.3) is 0 Å². The molecule has 2 aromatic rings. The number of ether oxygens (including phenoxy) is 1. The standard InChI is InChI=1S/C14H15ClN2O3/c1-9-6-13(20-16-9)14(18)17(2)8-10-7-11(15)4-5-12(10)19-3/h4-7H,8H2,1-3H3. The fraction of sp³-hybridized carbons (Fsp3) is 0.286. The maximum atomic E-state index is 12.2. The van der Waals surface area contributed by atoms with E-state index in [-0.39, 0.29) is 11.7 Å². The lowest BCUT2D eigenvalue weighted by Gasteiger charge is -2.17. The van der Waals surface area contributed by atoms with E-state index >= 15 is 0 Å². The van der Waals surface area contributed by atoms with Crippen LogP contribution in [-0.2, 0) is 6.54 Å². The Hall–Kier alpha value is -2.01. The molecule has 6 heteroatoms. The number of aromatic nitrogens is 1. The van der Waals surface area contributed by atoms with Crippen molar-refractivity contribution in [3.8, 4) is 5.75 Å². The zero-order valence-electron chi connectivity index (χ0n) is 11.5. The molecule has 1 aromatic carbocycles. The third-order valence-corrected chi connectivity index (χ3v) is 3.07. The second kappa shape index (κ2) is 5.96. The highest BCUT2D eigenvalue weighted by Gasteiger charge is 2.18. The Kier molecular flexibility index (Phi) is 4.29. The number of aryl methyl sites for hydroxylation is 1. The monoisotopic (exact) mass is 294 g/mol. The van der Waals surface area contributed by atoms with Gasteiger partial charge in [-0.25, -0.2) is 0 Å². The number of carbonyl (C=O) groups excluding carboxylic acids is 1. The van der Waals surface area contributed by atoms with E-state index in [1.807, 2.05) is 0 Å². The minimum atomic E-state index is -0.243. The van der Waals surface area contributed by atoms with Gasteiger partial charge in [-0.2, -0.15) is 0 Å². The minimum absolute atomic E-state index is 0.214. The third-order valence-electron chi connectivity index (χ3n) is 2.84. The molecule has 0 N–H and O–H groups in total.